The third-order valence-electron chi connectivity index (χ3n) is 3.91. The Labute approximate surface area is 166 Å². The highest BCUT2D eigenvalue weighted by atomic mass is 19.3. The molecule has 0 heterocycles. The van der Waals surface area contributed by atoms with Crippen molar-refractivity contribution in [3.8, 4) is 5.75 Å². The Hall–Kier alpha value is -3.29. The molecular formula is C21H20F3NO4. The van der Waals surface area contributed by atoms with Crippen molar-refractivity contribution in [2.75, 3.05) is 0 Å². The van der Waals surface area contributed by atoms with E-state index < -0.39 is 30.6 Å². The van der Waals surface area contributed by atoms with E-state index in [4.69, 9.17) is 4.74 Å². The van der Waals surface area contributed by atoms with Crippen LogP contribution in [0.4, 0.5) is 13.2 Å². The van der Waals surface area contributed by atoms with Gasteiger partial charge in [-0.15, -0.1) is 0 Å². The fraction of sp³-hybridized carbons (Fsp3) is 0.238. The van der Waals surface area contributed by atoms with E-state index in [1.165, 1.54) is 49.4 Å². The fourth-order valence-electron chi connectivity index (χ4n) is 2.36. The predicted octanol–water partition coefficient (Wildman–Crippen LogP) is 4.25. The first-order valence-corrected chi connectivity index (χ1v) is 8.74. The van der Waals surface area contributed by atoms with Crippen molar-refractivity contribution in [2.24, 2.45) is 0 Å². The predicted molar refractivity (Wildman–Crippen MR) is 101 cm³/mol. The quantitative estimate of drug-likeness (QED) is 0.525. The molecule has 2 rings (SSSR count). The number of carbonyl (C=O) groups excluding carboxylic acids is 2. The van der Waals surface area contributed by atoms with Gasteiger partial charge in [-0.05, 0) is 55.3 Å². The minimum absolute atomic E-state index is 0.000272. The van der Waals surface area contributed by atoms with Gasteiger partial charge in [0, 0.05) is 6.08 Å². The summed E-state index contributed by atoms with van der Waals surface area (Å²) in [5.41, 5.74) is 1.27. The molecule has 0 aliphatic carbocycles. The molecule has 0 fully saturated rings. The second-order valence-electron chi connectivity index (χ2n) is 6.14. The number of hydrogen-bond acceptors (Lipinski definition) is 4. The number of rotatable bonds is 8. The van der Waals surface area contributed by atoms with Gasteiger partial charge in [-0.25, -0.2) is 9.18 Å². The van der Waals surface area contributed by atoms with Crippen LogP contribution in [0.15, 0.2) is 54.6 Å². The molecule has 0 aromatic heterocycles. The lowest BCUT2D eigenvalue weighted by Gasteiger charge is -2.17. The summed E-state index contributed by atoms with van der Waals surface area (Å²) in [6.07, 6.45) is 1.49. The van der Waals surface area contributed by atoms with Crippen LogP contribution in [0.1, 0.15) is 31.0 Å². The van der Waals surface area contributed by atoms with E-state index in [0.29, 0.717) is 11.1 Å². The lowest BCUT2D eigenvalue weighted by atomic mass is 10.1. The average molecular weight is 407 g/mol. The van der Waals surface area contributed by atoms with Crippen LogP contribution in [-0.2, 0) is 14.3 Å². The number of carbonyl (C=O) groups is 2. The van der Waals surface area contributed by atoms with Gasteiger partial charge in [-0.2, -0.15) is 8.78 Å². The molecule has 2 unspecified atom stereocenters. The van der Waals surface area contributed by atoms with Crippen LogP contribution in [-0.4, -0.2) is 24.6 Å². The summed E-state index contributed by atoms with van der Waals surface area (Å²) in [7, 11) is 0. The Morgan fingerprint density at radius 3 is 2.21 bits per heavy atom. The van der Waals surface area contributed by atoms with Gasteiger partial charge in [0.15, 0.2) is 6.10 Å². The third-order valence-corrected chi connectivity index (χ3v) is 3.91. The highest BCUT2D eigenvalue weighted by Gasteiger charge is 2.19. The van der Waals surface area contributed by atoms with Gasteiger partial charge in [0.05, 0.1) is 6.04 Å². The van der Waals surface area contributed by atoms with E-state index in [-0.39, 0.29) is 11.6 Å². The zero-order chi connectivity index (χ0) is 21.4. The number of amides is 1. The lowest BCUT2D eigenvalue weighted by molar-refractivity contribution is -0.150. The van der Waals surface area contributed by atoms with Crippen LogP contribution in [0.3, 0.4) is 0 Å². The Bertz CT molecular complexity index is 851. The number of halogens is 3. The summed E-state index contributed by atoms with van der Waals surface area (Å²) >= 11 is 0. The van der Waals surface area contributed by atoms with Gasteiger partial charge >= 0.3 is 12.6 Å². The lowest BCUT2D eigenvalue weighted by Crippen LogP contribution is -2.37. The first kappa shape index (κ1) is 22.0. The molecule has 29 heavy (non-hydrogen) atoms. The SMILES string of the molecule is CC(OC(=O)/C=C/c1ccc(OC(F)F)cc1)C(=O)NC(C)c1ccc(F)cc1. The maximum atomic E-state index is 13.0. The molecule has 0 radical (unpaired) electrons. The first-order chi connectivity index (χ1) is 13.7. The second-order valence-corrected chi connectivity index (χ2v) is 6.14. The van der Waals surface area contributed by atoms with E-state index in [2.05, 4.69) is 10.1 Å². The number of ether oxygens (including phenoxy) is 2. The highest BCUT2D eigenvalue weighted by molar-refractivity contribution is 5.90. The van der Waals surface area contributed by atoms with Crippen molar-refractivity contribution >= 4 is 18.0 Å². The Kier molecular flexibility index (Phi) is 7.82. The van der Waals surface area contributed by atoms with Crippen LogP contribution < -0.4 is 10.1 Å². The van der Waals surface area contributed by atoms with Crippen LogP contribution >= 0.6 is 0 Å². The molecule has 5 nitrogen and oxygen atoms in total. The van der Waals surface area contributed by atoms with E-state index >= 15 is 0 Å². The maximum Gasteiger partial charge on any atom is 0.387 e. The minimum Gasteiger partial charge on any atom is -0.449 e. The molecule has 0 saturated carbocycles. The monoisotopic (exact) mass is 407 g/mol. The van der Waals surface area contributed by atoms with Gasteiger partial charge in [0.1, 0.15) is 11.6 Å². The fourth-order valence-corrected chi connectivity index (χ4v) is 2.36. The third kappa shape index (κ3) is 7.33. The van der Waals surface area contributed by atoms with Crippen LogP contribution in [0.5, 0.6) is 5.75 Å². The molecule has 1 N–H and O–H groups in total. The van der Waals surface area contributed by atoms with Crippen molar-refractivity contribution in [3.63, 3.8) is 0 Å². The number of benzene rings is 2. The maximum absolute atomic E-state index is 13.0. The van der Waals surface area contributed by atoms with E-state index in [1.807, 2.05) is 0 Å². The van der Waals surface area contributed by atoms with Crippen molar-refractivity contribution < 1.29 is 32.2 Å². The molecule has 0 aliphatic rings. The van der Waals surface area contributed by atoms with Gasteiger partial charge in [-0.1, -0.05) is 24.3 Å². The highest BCUT2D eigenvalue weighted by Crippen LogP contribution is 2.16. The van der Waals surface area contributed by atoms with Gasteiger partial charge < -0.3 is 14.8 Å². The smallest absolute Gasteiger partial charge is 0.387 e. The molecule has 2 atom stereocenters. The topological polar surface area (TPSA) is 64.6 Å². The second kappa shape index (κ2) is 10.3. The molecule has 2 aromatic rings. The van der Waals surface area contributed by atoms with Crippen LogP contribution in [0, 0.1) is 5.82 Å². The summed E-state index contributed by atoms with van der Waals surface area (Å²) in [5.74, 6) is -1.62. The number of esters is 1. The van der Waals surface area contributed by atoms with Gasteiger partial charge in [-0.3, -0.25) is 4.79 Å². The average Bonchev–Trinajstić information content (AvgIpc) is 2.67. The molecule has 0 aliphatic heterocycles. The van der Waals surface area contributed by atoms with Crippen molar-refractivity contribution in [2.45, 2.75) is 32.6 Å². The first-order valence-electron chi connectivity index (χ1n) is 8.74. The molecule has 0 saturated heterocycles. The molecule has 8 heteroatoms. The van der Waals surface area contributed by atoms with E-state index in [0.717, 1.165) is 6.08 Å². The minimum atomic E-state index is -2.91. The summed E-state index contributed by atoms with van der Waals surface area (Å²) in [6.45, 7) is 0.236. The number of alkyl halides is 2. The molecule has 1 amide bonds. The summed E-state index contributed by atoms with van der Waals surface area (Å²) < 4.78 is 46.5. The Morgan fingerprint density at radius 1 is 1.00 bits per heavy atom. The van der Waals surface area contributed by atoms with Gasteiger partial charge in [0.25, 0.3) is 5.91 Å². The number of nitrogens with one attached hydrogen (secondary N) is 1. The van der Waals surface area contributed by atoms with Crippen LogP contribution in [0.25, 0.3) is 6.08 Å². The summed E-state index contributed by atoms with van der Waals surface area (Å²) in [5, 5.41) is 2.68. The van der Waals surface area contributed by atoms with Crippen molar-refractivity contribution in [3.05, 3.63) is 71.6 Å². The van der Waals surface area contributed by atoms with Crippen molar-refractivity contribution in [1.29, 1.82) is 0 Å². The zero-order valence-corrected chi connectivity index (χ0v) is 15.8. The Balaban J connectivity index is 1.84. The Morgan fingerprint density at radius 2 is 1.62 bits per heavy atom. The molecular weight excluding hydrogens is 387 g/mol. The standard InChI is InChI=1S/C21H20F3NO4/c1-13(16-6-8-17(22)9-7-16)25-20(27)14(2)28-19(26)12-5-15-3-10-18(11-4-15)29-21(23)24/h3-14,21H,1-2H3,(H,25,27)/b12-5+. The van der Waals surface area contributed by atoms with E-state index in [9.17, 15) is 22.8 Å². The zero-order valence-electron chi connectivity index (χ0n) is 15.8. The largest absolute Gasteiger partial charge is 0.449 e. The molecule has 0 spiro atoms. The molecule has 154 valence electrons. The van der Waals surface area contributed by atoms with Crippen LogP contribution in [0.2, 0.25) is 0 Å². The number of hydrogen-bond donors (Lipinski definition) is 1. The molecule has 2 aromatic carbocycles. The summed E-state index contributed by atoms with van der Waals surface area (Å²) in [4.78, 5) is 24.0. The van der Waals surface area contributed by atoms with E-state index in [1.54, 1.807) is 19.1 Å². The normalized spacial score (nSPS) is 13.2. The van der Waals surface area contributed by atoms with Gasteiger partial charge in [0.2, 0.25) is 0 Å². The summed E-state index contributed by atoms with van der Waals surface area (Å²) in [6, 6.07) is 10.9. The molecule has 0 bridgehead atoms. The van der Waals surface area contributed by atoms with Crippen molar-refractivity contribution in [1.82, 2.24) is 5.32 Å².